The summed E-state index contributed by atoms with van der Waals surface area (Å²) < 4.78 is 5.68. The average molecular weight is 351 g/mol. The molecule has 0 spiro atoms. The molecule has 0 atom stereocenters. The fourth-order valence-corrected chi connectivity index (χ4v) is 1.94. The molecule has 0 fully saturated rings. The van der Waals surface area contributed by atoms with Crippen molar-refractivity contribution in [2.75, 3.05) is 0 Å². The number of hydrogen-bond acceptors (Lipinski definition) is 3. The molecule has 2 aromatic carbocycles. The van der Waals surface area contributed by atoms with Gasteiger partial charge in [0.05, 0.1) is 6.21 Å². The smallest absolute Gasteiger partial charge is 0.283 e. The first-order valence-electron chi connectivity index (χ1n) is 6.90. The first-order valence-corrected chi connectivity index (χ1v) is 7.66. The summed E-state index contributed by atoms with van der Waals surface area (Å²) in [5.41, 5.74) is 2.21. The molecule has 0 saturated carbocycles. The predicted octanol–water partition coefficient (Wildman–Crippen LogP) is 4.30. The number of amides is 1. The molecule has 1 N–H and O–H groups in total. The van der Waals surface area contributed by atoms with Gasteiger partial charge in [-0.15, -0.1) is 0 Å². The van der Waals surface area contributed by atoms with Crippen LogP contribution >= 0.6 is 23.2 Å². The number of carbonyl (C=O) groups excluding carboxylic acids is 1. The summed E-state index contributed by atoms with van der Waals surface area (Å²) in [6.45, 7) is 3.32. The monoisotopic (exact) mass is 350 g/mol. The fourth-order valence-electron chi connectivity index (χ4n) is 1.69. The van der Waals surface area contributed by atoms with Crippen LogP contribution in [0.4, 0.5) is 0 Å². The van der Waals surface area contributed by atoms with E-state index in [-0.39, 0.29) is 5.91 Å². The van der Waals surface area contributed by atoms with E-state index < -0.39 is 5.60 Å². The fraction of sp³-hybridized carbons (Fsp3) is 0.176. The number of ether oxygens (including phenoxy) is 1. The maximum atomic E-state index is 12.2. The summed E-state index contributed by atoms with van der Waals surface area (Å²) in [6, 6.07) is 13.9. The second-order valence-corrected chi connectivity index (χ2v) is 6.19. The van der Waals surface area contributed by atoms with E-state index in [9.17, 15) is 4.79 Å². The van der Waals surface area contributed by atoms with E-state index in [0.29, 0.717) is 15.8 Å². The van der Waals surface area contributed by atoms with E-state index in [0.717, 1.165) is 5.56 Å². The van der Waals surface area contributed by atoms with Crippen molar-refractivity contribution >= 4 is 35.3 Å². The molecule has 0 unspecified atom stereocenters. The SMILES string of the molecule is CC(C)(Oc1ccc(Cl)cc1)C(=O)NN=Cc1ccc(Cl)cc1. The molecule has 0 heterocycles. The van der Waals surface area contributed by atoms with Gasteiger partial charge in [0, 0.05) is 10.0 Å². The van der Waals surface area contributed by atoms with Crippen molar-refractivity contribution in [1.29, 1.82) is 0 Å². The Morgan fingerprint density at radius 1 is 1.04 bits per heavy atom. The Morgan fingerprint density at radius 2 is 1.57 bits per heavy atom. The second kappa shape index (κ2) is 7.49. The Morgan fingerprint density at radius 3 is 2.13 bits per heavy atom. The van der Waals surface area contributed by atoms with Gasteiger partial charge in [-0.2, -0.15) is 5.10 Å². The number of rotatable bonds is 5. The average Bonchev–Trinajstić information content (AvgIpc) is 2.51. The third kappa shape index (κ3) is 5.27. The van der Waals surface area contributed by atoms with Crippen LogP contribution in [0.5, 0.6) is 5.75 Å². The highest BCUT2D eigenvalue weighted by atomic mass is 35.5. The number of nitrogens with one attached hydrogen (secondary N) is 1. The van der Waals surface area contributed by atoms with Crippen LogP contribution in [-0.4, -0.2) is 17.7 Å². The summed E-state index contributed by atoms with van der Waals surface area (Å²) in [5.74, 6) is 0.189. The molecule has 0 saturated heterocycles. The first kappa shape index (κ1) is 17.3. The van der Waals surface area contributed by atoms with E-state index in [2.05, 4.69) is 10.5 Å². The van der Waals surface area contributed by atoms with Crippen molar-refractivity contribution in [2.45, 2.75) is 19.4 Å². The van der Waals surface area contributed by atoms with Crippen molar-refractivity contribution in [3.8, 4) is 5.75 Å². The molecule has 0 aliphatic heterocycles. The summed E-state index contributed by atoms with van der Waals surface area (Å²) in [5, 5.41) is 5.17. The van der Waals surface area contributed by atoms with Crippen molar-refractivity contribution in [1.82, 2.24) is 5.43 Å². The van der Waals surface area contributed by atoms with Crippen LogP contribution in [0.1, 0.15) is 19.4 Å². The normalized spacial score (nSPS) is 11.5. The zero-order valence-corrected chi connectivity index (χ0v) is 14.2. The Kier molecular flexibility index (Phi) is 5.64. The molecule has 2 aromatic rings. The Bertz CT molecular complexity index is 696. The zero-order valence-electron chi connectivity index (χ0n) is 12.7. The lowest BCUT2D eigenvalue weighted by molar-refractivity contribution is -0.134. The van der Waals surface area contributed by atoms with Crippen LogP contribution in [0.15, 0.2) is 53.6 Å². The quantitative estimate of drug-likeness (QED) is 0.645. The summed E-state index contributed by atoms with van der Waals surface area (Å²) >= 11 is 11.6. The van der Waals surface area contributed by atoms with Gasteiger partial charge in [0.2, 0.25) is 0 Å². The summed E-state index contributed by atoms with van der Waals surface area (Å²) in [7, 11) is 0. The molecule has 1 amide bonds. The van der Waals surface area contributed by atoms with E-state index in [4.69, 9.17) is 27.9 Å². The van der Waals surface area contributed by atoms with Crippen molar-refractivity contribution in [3.05, 3.63) is 64.1 Å². The molecular weight excluding hydrogens is 335 g/mol. The molecule has 2 rings (SSSR count). The highest BCUT2D eigenvalue weighted by Crippen LogP contribution is 2.21. The number of halogens is 2. The minimum absolute atomic E-state index is 0.363. The summed E-state index contributed by atoms with van der Waals surface area (Å²) in [6.07, 6.45) is 1.53. The van der Waals surface area contributed by atoms with Gasteiger partial charge in [-0.3, -0.25) is 4.79 Å². The lowest BCUT2D eigenvalue weighted by atomic mass is 10.1. The minimum atomic E-state index is -1.08. The molecule has 0 aromatic heterocycles. The standard InChI is InChI=1S/C17H16Cl2N2O2/c1-17(2,23-15-9-7-14(19)8-10-15)16(22)21-20-11-12-3-5-13(18)6-4-12/h3-11H,1-2H3,(H,21,22). The van der Waals surface area contributed by atoms with Crippen molar-refractivity contribution in [2.24, 2.45) is 5.10 Å². The van der Waals surface area contributed by atoms with Crippen LogP contribution in [0, 0.1) is 0 Å². The van der Waals surface area contributed by atoms with E-state index in [1.54, 1.807) is 62.4 Å². The van der Waals surface area contributed by atoms with Crippen LogP contribution in [0.25, 0.3) is 0 Å². The largest absolute Gasteiger partial charge is 0.478 e. The lowest BCUT2D eigenvalue weighted by Crippen LogP contribution is -2.44. The van der Waals surface area contributed by atoms with Gasteiger partial charge in [0.1, 0.15) is 5.75 Å². The van der Waals surface area contributed by atoms with Crippen LogP contribution in [0.2, 0.25) is 10.0 Å². The predicted molar refractivity (Wildman–Crippen MR) is 93.3 cm³/mol. The molecule has 6 heteroatoms. The Labute approximate surface area is 145 Å². The Balaban J connectivity index is 1.95. The van der Waals surface area contributed by atoms with Gasteiger partial charge in [-0.05, 0) is 55.8 Å². The maximum absolute atomic E-state index is 12.2. The van der Waals surface area contributed by atoms with Crippen molar-refractivity contribution in [3.63, 3.8) is 0 Å². The maximum Gasteiger partial charge on any atom is 0.283 e. The van der Waals surface area contributed by atoms with E-state index in [1.165, 1.54) is 6.21 Å². The highest BCUT2D eigenvalue weighted by molar-refractivity contribution is 6.30. The third-order valence-corrected chi connectivity index (χ3v) is 3.49. The second-order valence-electron chi connectivity index (χ2n) is 5.32. The third-order valence-electron chi connectivity index (χ3n) is 2.98. The summed E-state index contributed by atoms with van der Waals surface area (Å²) in [4.78, 5) is 12.2. The number of hydrogen-bond donors (Lipinski definition) is 1. The van der Waals surface area contributed by atoms with Gasteiger partial charge < -0.3 is 4.74 Å². The number of benzene rings is 2. The van der Waals surface area contributed by atoms with Crippen LogP contribution in [0.3, 0.4) is 0 Å². The molecule has 0 aliphatic carbocycles. The van der Waals surface area contributed by atoms with Crippen LogP contribution < -0.4 is 10.2 Å². The van der Waals surface area contributed by atoms with Crippen LogP contribution in [-0.2, 0) is 4.79 Å². The molecule has 4 nitrogen and oxygen atoms in total. The molecule has 120 valence electrons. The first-order chi connectivity index (χ1) is 10.9. The number of hydrazone groups is 1. The minimum Gasteiger partial charge on any atom is -0.478 e. The Hall–Kier alpha value is -2.04. The van der Waals surface area contributed by atoms with Gasteiger partial charge in [0.25, 0.3) is 5.91 Å². The zero-order chi connectivity index (χ0) is 16.9. The number of nitrogens with zero attached hydrogens (tertiary/aromatic N) is 1. The molecule has 0 bridgehead atoms. The lowest BCUT2D eigenvalue weighted by Gasteiger charge is -2.24. The van der Waals surface area contributed by atoms with Gasteiger partial charge >= 0.3 is 0 Å². The molecule has 23 heavy (non-hydrogen) atoms. The van der Waals surface area contributed by atoms with Crippen molar-refractivity contribution < 1.29 is 9.53 Å². The van der Waals surface area contributed by atoms with Gasteiger partial charge in [0.15, 0.2) is 5.60 Å². The van der Waals surface area contributed by atoms with E-state index >= 15 is 0 Å². The molecule has 0 aliphatic rings. The van der Waals surface area contributed by atoms with Gasteiger partial charge in [-0.25, -0.2) is 5.43 Å². The van der Waals surface area contributed by atoms with E-state index in [1.807, 2.05) is 0 Å². The topological polar surface area (TPSA) is 50.7 Å². The number of carbonyl (C=O) groups is 1. The molecule has 0 radical (unpaired) electrons. The molecular formula is C17H16Cl2N2O2. The van der Waals surface area contributed by atoms with Gasteiger partial charge in [-0.1, -0.05) is 35.3 Å². The highest BCUT2D eigenvalue weighted by Gasteiger charge is 2.29.